The van der Waals surface area contributed by atoms with Crippen LogP contribution < -0.4 is 5.73 Å². The van der Waals surface area contributed by atoms with Gasteiger partial charge in [-0.3, -0.25) is 4.79 Å². The molecule has 0 spiro atoms. The van der Waals surface area contributed by atoms with Crippen molar-refractivity contribution in [1.29, 1.82) is 0 Å². The molecular weight excluding hydrogens is 252 g/mol. The van der Waals surface area contributed by atoms with Crippen LogP contribution in [0.15, 0.2) is 18.3 Å². The maximum atomic E-state index is 12.8. The van der Waals surface area contributed by atoms with Crippen molar-refractivity contribution in [2.45, 2.75) is 51.6 Å². The van der Waals surface area contributed by atoms with Gasteiger partial charge in [-0.2, -0.15) is 0 Å². The third kappa shape index (κ3) is 3.37. The second-order valence-electron chi connectivity index (χ2n) is 5.82. The summed E-state index contributed by atoms with van der Waals surface area (Å²) in [6, 6.07) is 3.62. The number of anilines is 1. The number of Topliss-reactive ketones (excluding diaryl/α,β-unsaturated/α-hetero) is 1. The molecule has 1 aliphatic carbocycles. The smallest absolute Gasteiger partial charge is 0.168 e. The molecular formula is C16H24N2O2. The topological polar surface area (TPSA) is 65.2 Å². The van der Waals surface area contributed by atoms with Crippen molar-refractivity contribution < 1.29 is 9.53 Å². The molecule has 2 atom stereocenters. The lowest BCUT2D eigenvalue weighted by Gasteiger charge is -2.38. The summed E-state index contributed by atoms with van der Waals surface area (Å²) in [6.45, 7) is 4.74. The molecule has 1 heterocycles. The second kappa shape index (κ2) is 6.35. The lowest BCUT2D eigenvalue weighted by atomic mass is 9.75. The van der Waals surface area contributed by atoms with E-state index in [1.165, 1.54) is 6.42 Å². The molecule has 1 aliphatic rings. The summed E-state index contributed by atoms with van der Waals surface area (Å²) in [5.74, 6) is 1.18. The second-order valence-corrected chi connectivity index (χ2v) is 5.82. The molecule has 1 saturated carbocycles. The monoisotopic (exact) mass is 276 g/mol. The number of pyridine rings is 1. The Morgan fingerprint density at radius 2 is 2.40 bits per heavy atom. The summed E-state index contributed by atoms with van der Waals surface area (Å²) in [5.41, 5.74) is 6.00. The summed E-state index contributed by atoms with van der Waals surface area (Å²) < 4.78 is 5.91. The van der Waals surface area contributed by atoms with Crippen LogP contribution in [-0.2, 0) is 16.0 Å². The number of nitrogens with two attached hydrogens (primary N) is 1. The van der Waals surface area contributed by atoms with Gasteiger partial charge in [0.05, 0.1) is 0 Å². The van der Waals surface area contributed by atoms with Crippen molar-refractivity contribution in [3.05, 3.63) is 23.9 Å². The van der Waals surface area contributed by atoms with Crippen molar-refractivity contribution in [2.24, 2.45) is 5.92 Å². The van der Waals surface area contributed by atoms with Gasteiger partial charge in [-0.05, 0) is 49.8 Å². The van der Waals surface area contributed by atoms with Crippen LogP contribution in [0.3, 0.4) is 0 Å². The zero-order valence-corrected chi connectivity index (χ0v) is 12.4. The van der Waals surface area contributed by atoms with Crippen LogP contribution in [0.25, 0.3) is 0 Å². The van der Waals surface area contributed by atoms with Crippen molar-refractivity contribution in [3.8, 4) is 0 Å². The molecule has 110 valence electrons. The van der Waals surface area contributed by atoms with E-state index in [1.54, 1.807) is 12.3 Å². The number of hydrogen-bond acceptors (Lipinski definition) is 4. The van der Waals surface area contributed by atoms with E-state index in [0.717, 1.165) is 24.8 Å². The van der Waals surface area contributed by atoms with E-state index in [1.807, 2.05) is 13.0 Å². The van der Waals surface area contributed by atoms with Gasteiger partial charge in [-0.1, -0.05) is 13.3 Å². The third-order valence-corrected chi connectivity index (χ3v) is 4.09. The Morgan fingerprint density at radius 3 is 3.05 bits per heavy atom. The number of nitrogen functional groups attached to an aromatic ring is 1. The van der Waals surface area contributed by atoms with Crippen LogP contribution in [0.4, 0.5) is 5.82 Å². The summed E-state index contributed by atoms with van der Waals surface area (Å²) in [7, 11) is 0. The van der Waals surface area contributed by atoms with E-state index in [4.69, 9.17) is 10.5 Å². The fraction of sp³-hybridized carbons (Fsp3) is 0.625. The van der Waals surface area contributed by atoms with Gasteiger partial charge < -0.3 is 10.5 Å². The molecule has 0 amide bonds. The summed E-state index contributed by atoms with van der Waals surface area (Å²) in [5, 5.41) is 0. The van der Waals surface area contributed by atoms with Crippen molar-refractivity contribution >= 4 is 11.6 Å². The number of hydrogen-bond donors (Lipinski definition) is 1. The summed E-state index contributed by atoms with van der Waals surface area (Å²) in [4.78, 5) is 16.7. The van der Waals surface area contributed by atoms with Gasteiger partial charge in [0.1, 0.15) is 11.4 Å². The number of ether oxygens (including phenoxy) is 1. The van der Waals surface area contributed by atoms with Crippen LogP contribution in [0.5, 0.6) is 0 Å². The lowest BCUT2D eigenvalue weighted by Crippen LogP contribution is -2.46. The first-order valence-electron chi connectivity index (χ1n) is 7.43. The predicted octanol–water partition coefficient (Wildman–Crippen LogP) is 2.76. The highest BCUT2D eigenvalue weighted by Crippen LogP contribution is 2.36. The molecule has 1 aromatic heterocycles. The number of aromatic nitrogens is 1. The van der Waals surface area contributed by atoms with Gasteiger partial charge in [-0.15, -0.1) is 0 Å². The predicted molar refractivity (Wildman–Crippen MR) is 79.3 cm³/mol. The molecule has 2 unspecified atom stereocenters. The minimum Gasteiger partial charge on any atom is -0.384 e. The highest BCUT2D eigenvalue weighted by Gasteiger charge is 2.41. The normalized spacial score (nSPS) is 26.4. The Morgan fingerprint density at radius 1 is 1.60 bits per heavy atom. The van der Waals surface area contributed by atoms with Crippen LogP contribution in [-0.4, -0.2) is 23.0 Å². The standard InChI is InChI=1S/C16H24N2O2/c1-3-20-16(7-4-5-12(2)11-16)14(19)9-13-6-8-18-15(17)10-13/h6,8,10,12H,3-5,7,9,11H2,1-2H3,(H2,17,18). The Balaban J connectivity index is 2.14. The van der Waals surface area contributed by atoms with Crippen molar-refractivity contribution in [3.63, 3.8) is 0 Å². The molecule has 1 aromatic rings. The van der Waals surface area contributed by atoms with Crippen molar-refractivity contribution in [2.75, 3.05) is 12.3 Å². The molecule has 0 bridgehead atoms. The van der Waals surface area contributed by atoms with E-state index >= 15 is 0 Å². The Hall–Kier alpha value is -1.42. The quantitative estimate of drug-likeness (QED) is 0.898. The highest BCUT2D eigenvalue weighted by molar-refractivity contribution is 5.89. The minimum atomic E-state index is -0.593. The number of ketones is 1. The number of carbonyl (C=O) groups excluding carboxylic acids is 1. The fourth-order valence-electron chi connectivity index (χ4n) is 3.20. The molecule has 4 heteroatoms. The zero-order chi connectivity index (χ0) is 14.6. The molecule has 2 N–H and O–H groups in total. The first kappa shape index (κ1) is 15.0. The minimum absolute atomic E-state index is 0.177. The fourth-order valence-corrected chi connectivity index (χ4v) is 3.20. The molecule has 20 heavy (non-hydrogen) atoms. The maximum Gasteiger partial charge on any atom is 0.168 e. The molecule has 0 aliphatic heterocycles. The molecule has 4 nitrogen and oxygen atoms in total. The van der Waals surface area contributed by atoms with Crippen LogP contribution in [0.1, 0.15) is 45.1 Å². The van der Waals surface area contributed by atoms with Gasteiger partial charge in [0.25, 0.3) is 0 Å². The summed E-state index contributed by atoms with van der Waals surface area (Å²) >= 11 is 0. The maximum absolute atomic E-state index is 12.8. The third-order valence-electron chi connectivity index (χ3n) is 4.09. The van der Waals surface area contributed by atoms with Crippen LogP contribution >= 0.6 is 0 Å². The SMILES string of the molecule is CCOC1(C(=O)Cc2ccnc(N)c2)CCCC(C)C1. The molecule has 0 radical (unpaired) electrons. The lowest BCUT2D eigenvalue weighted by molar-refractivity contribution is -0.150. The van der Waals surface area contributed by atoms with Crippen LogP contribution in [0, 0.1) is 5.92 Å². The summed E-state index contributed by atoms with van der Waals surface area (Å²) in [6.07, 6.45) is 5.94. The Kier molecular flexibility index (Phi) is 4.76. The van der Waals surface area contributed by atoms with E-state index in [2.05, 4.69) is 11.9 Å². The van der Waals surface area contributed by atoms with E-state index in [-0.39, 0.29) is 5.78 Å². The van der Waals surface area contributed by atoms with E-state index < -0.39 is 5.60 Å². The van der Waals surface area contributed by atoms with E-state index in [9.17, 15) is 4.79 Å². The molecule has 2 rings (SSSR count). The Bertz CT molecular complexity index is 471. The first-order chi connectivity index (χ1) is 9.55. The number of carbonyl (C=O) groups is 1. The van der Waals surface area contributed by atoms with Gasteiger partial charge in [0.15, 0.2) is 5.78 Å². The van der Waals surface area contributed by atoms with Gasteiger partial charge in [0.2, 0.25) is 0 Å². The van der Waals surface area contributed by atoms with Crippen molar-refractivity contribution in [1.82, 2.24) is 4.98 Å². The zero-order valence-electron chi connectivity index (χ0n) is 12.4. The number of nitrogens with zero attached hydrogens (tertiary/aromatic N) is 1. The van der Waals surface area contributed by atoms with Gasteiger partial charge in [-0.25, -0.2) is 4.98 Å². The average molecular weight is 276 g/mol. The molecule has 0 saturated heterocycles. The van der Waals surface area contributed by atoms with Crippen LogP contribution in [0.2, 0.25) is 0 Å². The van der Waals surface area contributed by atoms with Gasteiger partial charge >= 0.3 is 0 Å². The highest BCUT2D eigenvalue weighted by atomic mass is 16.5. The first-order valence-corrected chi connectivity index (χ1v) is 7.43. The molecule has 0 aromatic carbocycles. The van der Waals surface area contributed by atoms with Gasteiger partial charge in [0, 0.05) is 19.2 Å². The Labute approximate surface area is 120 Å². The number of rotatable bonds is 5. The largest absolute Gasteiger partial charge is 0.384 e. The van der Waals surface area contributed by atoms with E-state index in [0.29, 0.717) is 24.8 Å². The molecule has 1 fully saturated rings. The average Bonchev–Trinajstić information content (AvgIpc) is 2.39.